The van der Waals surface area contributed by atoms with Crippen LogP contribution in [0.2, 0.25) is 0 Å². The molecule has 0 N–H and O–H groups in total. The fourth-order valence-corrected chi connectivity index (χ4v) is 3.55. The maximum absolute atomic E-state index is 12.8. The molecule has 0 spiro atoms. The Hall–Kier alpha value is -2.01. The Balaban J connectivity index is 2.24. The minimum absolute atomic E-state index is 0.0613. The number of rotatable bonds is 4. The van der Waals surface area contributed by atoms with E-state index >= 15 is 0 Å². The summed E-state index contributed by atoms with van der Waals surface area (Å²) in [6.07, 6.45) is 0. The van der Waals surface area contributed by atoms with E-state index in [1.807, 2.05) is 50.2 Å². The molecule has 1 aromatic carbocycles. The molecule has 0 aliphatic heterocycles. The molecule has 5 heteroatoms. The third kappa shape index (κ3) is 2.57. The van der Waals surface area contributed by atoms with E-state index in [9.17, 15) is 9.18 Å². The molecular weight excluding hydrogens is 299 g/mol. The molecule has 0 aliphatic rings. The SMILES string of the molecule is CC(C)c1nc2sc(-c3ccccc3)cc2c(=O)n1CCF. The number of hydrogen-bond acceptors (Lipinski definition) is 3. The van der Waals surface area contributed by atoms with Crippen molar-refractivity contribution in [3.05, 3.63) is 52.6 Å². The lowest BCUT2D eigenvalue weighted by atomic mass is 10.1. The maximum atomic E-state index is 12.8. The lowest BCUT2D eigenvalue weighted by Crippen LogP contribution is -2.26. The van der Waals surface area contributed by atoms with Gasteiger partial charge in [0.15, 0.2) is 0 Å². The molecule has 3 aromatic rings. The maximum Gasteiger partial charge on any atom is 0.262 e. The Morgan fingerprint density at radius 3 is 2.64 bits per heavy atom. The van der Waals surface area contributed by atoms with Crippen LogP contribution in [0.3, 0.4) is 0 Å². The minimum Gasteiger partial charge on any atom is -0.293 e. The highest BCUT2D eigenvalue weighted by molar-refractivity contribution is 7.21. The number of hydrogen-bond donors (Lipinski definition) is 0. The fourth-order valence-electron chi connectivity index (χ4n) is 2.52. The van der Waals surface area contributed by atoms with Crippen LogP contribution in [0.5, 0.6) is 0 Å². The van der Waals surface area contributed by atoms with E-state index in [1.165, 1.54) is 15.9 Å². The first-order valence-corrected chi connectivity index (χ1v) is 8.09. The first-order valence-electron chi connectivity index (χ1n) is 7.27. The van der Waals surface area contributed by atoms with Gasteiger partial charge in [-0.2, -0.15) is 0 Å². The van der Waals surface area contributed by atoms with Crippen molar-refractivity contribution in [2.45, 2.75) is 26.3 Å². The number of alkyl halides is 1. The Morgan fingerprint density at radius 1 is 1.27 bits per heavy atom. The molecular formula is C17H17FN2OS. The standard InChI is InChI=1S/C17H17FN2OS/c1-11(2)15-19-16-13(17(21)20(15)9-8-18)10-14(22-16)12-6-4-3-5-7-12/h3-7,10-11H,8-9H2,1-2H3. The highest BCUT2D eigenvalue weighted by atomic mass is 32.1. The highest BCUT2D eigenvalue weighted by Crippen LogP contribution is 2.31. The molecule has 2 aromatic heterocycles. The molecule has 3 rings (SSSR count). The molecule has 0 saturated carbocycles. The van der Waals surface area contributed by atoms with Gasteiger partial charge < -0.3 is 0 Å². The summed E-state index contributed by atoms with van der Waals surface area (Å²) in [4.78, 5) is 19.0. The normalized spacial score (nSPS) is 11.5. The topological polar surface area (TPSA) is 34.9 Å². The van der Waals surface area contributed by atoms with Crippen molar-refractivity contribution in [1.29, 1.82) is 0 Å². The summed E-state index contributed by atoms with van der Waals surface area (Å²) in [5, 5.41) is 0.571. The summed E-state index contributed by atoms with van der Waals surface area (Å²) in [5.41, 5.74) is 0.915. The zero-order valence-electron chi connectivity index (χ0n) is 12.5. The van der Waals surface area contributed by atoms with E-state index < -0.39 is 6.67 Å². The van der Waals surface area contributed by atoms with Gasteiger partial charge in [0.1, 0.15) is 17.3 Å². The van der Waals surface area contributed by atoms with Crippen molar-refractivity contribution in [3.63, 3.8) is 0 Å². The molecule has 0 atom stereocenters. The van der Waals surface area contributed by atoms with Crippen LogP contribution in [0.1, 0.15) is 25.6 Å². The van der Waals surface area contributed by atoms with Crippen LogP contribution >= 0.6 is 11.3 Å². The second kappa shape index (κ2) is 6.01. The molecule has 3 nitrogen and oxygen atoms in total. The molecule has 2 heterocycles. The van der Waals surface area contributed by atoms with E-state index in [0.717, 1.165) is 15.3 Å². The smallest absolute Gasteiger partial charge is 0.262 e. The quantitative estimate of drug-likeness (QED) is 0.722. The molecule has 0 bridgehead atoms. The molecule has 0 radical (unpaired) electrons. The monoisotopic (exact) mass is 316 g/mol. The van der Waals surface area contributed by atoms with Crippen molar-refractivity contribution in [2.24, 2.45) is 0 Å². The van der Waals surface area contributed by atoms with E-state index in [1.54, 1.807) is 0 Å². The van der Waals surface area contributed by atoms with Crippen LogP contribution in [-0.4, -0.2) is 16.2 Å². The average molecular weight is 316 g/mol. The first kappa shape index (κ1) is 14.9. The molecule has 0 unspecified atom stereocenters. The number of aromatic nitrogens is 2. The predicted octanol–water partition coefficient (Wildman–Crippen LogP) is 4.22. The minimum atomic E-state index is -0.567. The van der Waals surface area contributed by atoms with E-state index in [-0.39, 0.29) is 18.0 Å². The van der Waals surface area contributed by atoms with Gasteiger partial charge in [-0.05, 0) is 11.6 Å². The largest absolute Gasteiger partial charge is 0.293 e. The number of benzene rings is 1. The van der Waals surface area contributed by atoms with Crippen LogP contribution in [0.4, 0.5) is 4.39 Å². The van der Waals surface area contributed by atoms with E-state index in [4.69, 9.17) is 0 Å². The number of thiophene rings is 1. The Kier molecular flexibility index (Phi) is 4.07. The zero-order valence-corrected chi connectivity index (χ0v) is 13.4. The van der Waals surface area contributed by atoms with Gasteiger partial charge >= 0.3 is 0 Å². The molecule has 0 aliphatic carbocycles. The summed E-state index contributed by atoms with van der Waals surface area (Å²) >= 11 is 1.50. The van der Waals surface area contributed by atoms with Crippen LogP contribution in [0.25, 0.3) is 20.7 Å². The van der Waals surface area contributed by atoms with Gasteiger partial charge in [-0.1, -0.05) is 44.2 Å². The Morgan fingerprint density at radius 2 is 2.00 bits per heavy atom. The van der Waals surface area contributed by atoms with Gasteiger partial charge in [-0.25, -0.2) is 9.37 Å². The van der Waals surface area contributed by atoms with Crippen LogP contribution in [-0.2, 0) is 6.54 Å². The Labute approximate surface area is 132 Å². The Bertz CT molecular complexity index is 852. The summed E-state index contributed by atoms with van der Waals surface area (Å²) < 4.78 is 14.3. The van der Waals surface area contributed by atoms with Crippen LogP contribution < -0.4 is 5.56 Å². The lowest BCUT2D eigenvalue weighted by molar-refractivity contribution is 0.428. The van der Waals surface area contributed by atoms with Crippen molar-refractivity contribution in [1.82, 2.24) is 9.55 Å². The number of halogens is 1. The average Bonchev–Trinajstić information content (AvgIpc) is 2.95. The zero-order chi connectivity index (χ0) is 15.7. The van der Waals surface area contributed by atoms with Crippen molar-refractivity contribution < 1.29 is 4.39 Å². The van der Waals surface area contributed by atoms with E-state index in [2.05, 4.69) is 4.98 Å². The molecule has 0 fully saturated rings. The van der Waals surface area contributed by atoms with Crippen molar-refractivity contribution in [3.8, 4) is 10.4 Å². The van der Waals surface area contributed by atoms with Crippen LogP contribution in [0, 0.1) is 0 Å². The summed E-state index contributed by atoms with van der Waals surface area (Å²) in [6, 6.07) is 11.8. The first-order chi connectivity index (χ1) is 10.6. The summed E-state index contributed by atoms with van der Waals surface area (Å²) in [6.45, 7) is 3.43. The van der Waals surface area contributed by atoms with Gasteiger partial charge in [-0.3, -0.25) is 9.36 Å². The molecule has 22 heavy (non-hydrogen) atoms. The van der Waals surface area contributed by atoms with Gasteiger partial charge in [-0.15, -0.1) is 11.3 Å². The van der Waals surface area contributed by atoms with Gasteiger partial charge in [0.25, 0.3) is 5.56 Å². The van der Waals surface area contributed by atoms with Crippen LogP contribution in [0.15, 0.2) is 41.2 Å². The van der Waals surface area contributed by atoms with Crippen molar-refractivity contribution in [2.75, 3.05) is 6.67 Å². The number of nitrogens with zero attached hydrogens (tertiary/aromatic N) is 2. The second-order valence-electron chi connectivity index (χ2n) is 5.47. The fraction of sp³-hybridized carbons (Fsp3) is 0.294. The van der Waals surface area contributed by atoms with Gasteiger partial charge in [0, 0.05) is 10.8 Å². The third-order valence-electron chi connectivity index (χ3n) is 3.56. The highest BCUT2D eigenvalue weighted by Gasteiger charge is 2.16. The van der Waals surface area contributed by atoms with Gasteiger partial charge in [0.05, 0.1) is 11.9 Å². The van der Waals surface area contributed by atoms with Gasteiger partial charge in [0.2, 0.25) is 0 Å². The number of fused-ring (bicyclic) bond motifs is 1. The van der Waals surface area contributed by atoms with Crippen molar-refractivity contribution >= 4 is 21.6 Å². The molecule has 114 valence electrons. The van der Waals surface area contributed by atoms with E-state index in [0.29, 0.717) is 11.2 Å². The second-order valence-corrected chi connectivity index (χ2v) is 6.50. The predicted molar refractivity (Wildman–Crippen MR) is 89.4 cm³/mol. The molecule has 0 amide bonds. The third-order valence-corrected chi connectivity index (χ3v) is 4.64. The summed E-state index contributed by atoms with van der Waals surface area (Å²) in [5.74, 6) is 0.725. The molecule has 0 saturated heterocycles. The summed E-state index contributed by atoms with van der Waals surface area (Å²) in [7, 11) is 0. The lowest BCUT2D eigenvalue weighted by Gasteiger charge is -2.13.